The molecule has 19 heavy (non-hydrogen) atoms. The van der Waals surface area contributed by atoms with Gasteiger partial charge in [0.2, 0.25) is 5.95 Å². The molecule has 1 N–H and O–H groups in total. The van der Waals surface area contributed by atoms with E-state index in [0.717, 1.165) is 25.3 Å². The minimum Gasteiger partial charge on any atom is -0.494 e. The Morgan fingerprint density at radius 3 is 2.95 bits per heavy atom. The van der Waals surface area contributed by atoms with Gasteiger partial charge in [0.25, 0.3) is 0 Å². The van der Waals surface area contributed by atoms with Gasteiger partial charge in [-0.2, -0.15) is 0 Å². The molecule has 2 rings (SSSR count). The molecule has 4 nitrogen and oxygen atoms in total. The van der Waals surface area contributed by atoms with Gasteiger partial charge in [0.05, 0.1) is 7.11 Å². The molecule has 5 heteroatoms. The third kappa shape index (κ3) is 3.24. The smallest absolute Gasteiger partial charge is 0.207 e. The number of nitrogens with zero attached hydrogens (tertiary/aromatic N) is 2. The number of hydrogen-bond donors (Lipinski definition) is 1. The fourth-order valence-corrected chi connectivity index (χ4v) is 1.82. The summed E-state index contributed by atoms with van der Waals surface area (Å²) in [5.74, 6) is 0.567. The lowest BCUT2D eigenvalue weighted by molar-refractivity contribution is 0.386. The van der Waals surface area contributed by atoms with E-state index >= 15 is 0 Å². The maximum Gasteiger partial charge on any atom is 0.207 e. The molecule has 2 aromatic rings. The van der Waals surface area contributed by atoms with Crippen molar-refractivity contribution in [1.29, 1.82) is 0 Å². The molecular formula is C14H18FN3O. The molecule has 0 atom stereocenters. The first-order valence-corrected chi connectivity index (χ1v) is 6.36. The van der Waals surface area contributed by atoms with E-state index < -0.39 is 0 Å². The predicted octanol–water partition coefficient (Wildman–Crippen LogP) is 3.57. The molecule has 0 aliphatic heterocycles. The topological polar surface area (TPSA) is 39.1 Å². The van der Waals surface area contributed by atoms with Crippen LogP contribution in [-0.2, 0) is 6.54 Å². The normalized spacial score (nSPS) is 10.5. The van der Waals surface area contributed by atoms with Gasteiger partial charge in [-0.3, -0.25) is 0 Å². The molecule has 0 aliphatic rings. The molecule has 1 aromatic carbocycles. The van der Waals surface area contributed by atoms with Crippen LogP contribution in [0.25, 0.3) is 0 Å². The van der Waals surface area contributed by atoms with Gasteiger partial charge >= 0.3 is 0 Å². The maximum atomic E-state index is 13.6. The van der Waals surface area contributed by atoms with Crippen LogP contribution in [0.15, 0.2) is 30.6 Å². The lowest BCUT2D eigenvalue weighted by atomic mass is 10.3. The first-order valence-electron chi connectivity index (χ1n) is 6.36. The number of unbranched alkanes of at least 4 members (excludes halogenated alkanes) is 1. The molecule has 0 unspecified atom stereocenters. The van der Waals surface area contributed by atoms with Gasteiger partial charge in [0.1, 0.15) is 0 Å². The summed E-state index contributed by atoms with van der Waals surface area (Å²) in [5.41, 5.74) is 0.655. The molecule has 0 aliphatic carbocycles. The first-order chi connectivity index (χ1) is 9.24. The van der Waals surface area contributed by atoms with Crippen molar-refractivity contribution in [3.8, 4) is 5.75 Å². The molecule has 0 saturated heterocycles. The molecule has 0 saturated carbocycles. The lowest BCUT2D eigenvalue weighted by Gasteiger charge is -2.10. The van der Waals surface area contributed by atoms with Crippen molar-refractivity contribution in [2.45, 2.75) is 26.3 Å². The van der Waals surface area contributed by atoms with E-state index in [1.807, 2.05) is 10.8 Å². The van der Waals surface area contributed by atoms with Crippen molar-refractivity contribution in [1.82, 2.24) is 9.55 Å². The lowest BCUT2D eigenvalue weighted by Crippen LogP contribution is -2.03. The Morgan fingerprint density at radius 1 is 1.42 bits per heavy atom. The molecule has 0 amide bonds. The van der Waals surface area contributed by atoms with Gasteiger partial charge in [-0.25, -0.2) is 9.37 Å². The second-order valence-corrected chi connectivity index (χ2v) is 4.27. The van der Waals surface area contributed by atoms with Crippen LogP contribution in [-0.4, -0.2) is 16.7 Å². The number of rotatable bonds is 6. The van der Waals surface area contributed by atoms with E-state index in [9.17, 15) is 4.39 Å². The van der Waals surface area contributed by atoms with E-state index in [2.05, 4.69) is 17.2 Å². The summed E-state index contributed by atoms with van der Waals surface area (Å²) in [6.45, 7) is 3.04. The van der Waals surface area contributed by atoms with Crippen LogP contribution in [0.4, 0.5) is 16.0 Å². The Labute approximate surface area is 112 Å². The number of aromatic nitrogens is 2. The minimum atomic E-state index is -0.390. The van der Waals surface area contributed by atoms with Crippen LogP contribution in [0.5, 0.6) is 5.75 Å². The van der Waals surface area contributed by atoms with Crippen LogP contribution in [0.1, 0.15) is 19.8 Å². The van der Waals surface area contributed by atoms with Gasteiger partial charge in [0, 0.05) is 30.7 Å². The number of halogens is 1. The van der Waals surface area contributed by atoms with E-state index in [1.165, 1.54) is 13.2 Å². The summed E-state index contributed by atoms with van der Waals surface area (Å²) in [4.78, 5) is 4.23. The Morgan fingerprint density at radius 2 is 2.26 bits per heavy atom. The highest BCUT2D eigenvalue weighted by atomic mass is 19.1. The average molecular weight is 263 g/mol. The Balaban J connectivity index is 2.12. The number of aryl methyl sites for hydroxylation is 1. The zero-order valence-corrected chi connectivity index (χ0v) is 11.2. The monoisotopic (exact) mass is 263 g/mol. The summed E-state index contributed by atoms with van der Waals surface area (Å²) in [6.07, 6.45) is 5.85. The minimum absolute atomic E-state index is 0.236. The fraction of sp³-hybridized carbons (Fsp3) is 0.357. The van der Waals surface area contributed by atoms with E-state index in [4.69, 9.17) is 4.74 Å². The summed E-state index contributed by atoms with van der Waals surface area (Å²) < 4.78 is 20.5. The van der Waals surface area contributed by atoms with Crippen molar-refractivity contribution in [3.05, 3.63) is 36.4 Å². The standard InChI is InChI=1S/C14H18FN3O/c1-3-4-8-18-9-7-16-14(18)17-11-5-6-13(19-2)12(15)10-11/h5-7,9-10H,3-4,8H2,1-2H3,(H,16,17). The van der Waals surface area contributed by atoms with Crippen LogP contribution < -0.4 is 10.1 Å². The van der Waals surface area contributed by atoms with Crippen LogP contribution in [0.2, 0.25) is 0 Å². The average Bonchev–Trinajstić information content (AvgIpc) is 2.84. The van der Waals surface area contributed by atoms with Gasteiger partial charge in [-0.1, -0.05) is 13.3 Å². The zero-order valence-electron chi connectivity index (χ0n) is 11.2. The molecule has 0 spiro atoms. The molecular weight excluding hydrogens is 245 g/mol. The number of hydrogen-bond acceptors (Lipinski definition) is 3. The van der Waals surface area contributed by atoms with Crippen molar-refractivity contribution < 1.29 is 9.13 Å². The van der Waals surface area contributed by atoms with E-state index in [0.29, 0.717) is 5.69 Å². The second-order valence-electron chi connectivity index (χ2n) is 4.27. The van der Waals surface area contributed by atoms with E-state index in [1.54, 1.807) is 18.3 Å². The number of ether oxygens (including phenoxy) is 1. The fourth-order valence-electron chi connectivity index (χ4n) is 1.82. The first kappa shape index (κ1) is 13.4. The summed E-state index contributed by atoms with van der Waals surface area (Å²) in [5, 5.41) is 3.11. The van der Waals surface area contributed by atoms with Crippen LogP contribution in [0, 0.1) is 5.82 Å². The highest BCUT2D eigenvalue weighted by Crippen LogP contribution is 2.23. The molecule has 0 radical (unpaired) electrons. The van der Waals surface area contributed by atoms with Crippen LogP contribution >= 0.6 is 0 Å². The maximum absolute atomic E-state index is 13.6. The number of benzene rings is 1. The Kier molecular flexibility index (Phi) is 4.39. The summed E-state index contributed by atoms with van der Waals surface area (Å²) in [6, 6.07) is 4.76. The van der Waals surface area contributed by atoms with Crippen molar-refractivity contribution >= 4 is 11.6 Å². The Bertz CT molecular complexity index is 539. The SMILES string of the molecule is CCCCn1ccnc1Nc1ccc(OC)c(F)c1. The summed E-state index contributed by atoms with van der Waals surface area (Å²) in [7, 11) is 1.45. The van der Waals surface area contributed by atoms with Gasteiger partial charge in [-0.15, -0.1) is 0 Å². The number of anilines is 2. The van der Waals surface area contributed by atoms with Crippen LogP contribution in [0.3, 0.4) is 0 Å². The summed E-state index contributed by atoms with van der Waals surface area (Å²) >= 11 is 0. The predicted molar refractivity (Wildman–Crippen MR) is 73.4 cm³/mol. The van der Waals surface area contributed by atoms with Crippen molar-refractivity contribution in [3.63, 3.8) is 0 Å². The van der Waals surface area contributed by atoms with Crippen molar-refractivity contribution in [2.24, 2.45) is 0 Å². The third-order valence-corrected chi connectivity index (χ3v) is 2.88. The quantitative estimate of drug-likeness (QED) is 0.866. The highest BCUT2D eigenvalue weighted by molar-refractivity contribution is 5.55. The molecule has 102 valence electrons. The highest BCUT2D eigenvalue weighted by Gasteiger charge is 2.06. The molecule has 0 fully saturated rings. The van der Waals surface area contributed by atoms with Gasteiger partial charge < -0.3 is 14.6 Å². The molecule has 1 aromatic heterocycles. The number of methoxy groups -OCH3 is 1. The second kappa shape index (κ2) is 6.22. The van der Waals surface area contributed by atoms with Crippen molar-refractivity contribution in [2.75, 3.05) is 12.4 Å². The third-order valence-electron chi connectivity index (χ3n) is 2.88. The zero-order chi connectivity index (χ0) is 13.7. The molecule has 1 heterocycles. The number of nitrogens with one attached hydrogen (secondary N) is 1. The van der Waals surface area contributed by atoms with Gasteiger partial charge in [0.15, 0.2) is 11.6 Å². The van der Waals surface area contributed by atoms with Gasteiger partial charge in [-0.05, 0) is 18.6 Å². The largest absolute Gasteiger partial charge is 0.494 e. The number of imidazole rings is 1. The Hall–Kier alpha value is -2.04. The van der Waals surface area contributed by atoms with E-state index in [-0.39, 0.29) is 11.6 Å². The molecule has 0 bridgehead atoms.